The molecule has 1 saturated heterocycles. The fourth-order valence-electron chi connectivity index (χ4n) is 3.06. The Bertz CT molecular complexity index is 681. The maximum Gasteiger partial charge on any atom is 0.416 e. The molecule has 1 aromatic carbocycles. The van der Waals surface area contributed by atoms with E-state index in [0.717, 1.165) is 6.42 Å². The lowest BCUT2D eigenvalue weighted by Gasteiger charge is -2.29. The molecule has 0 saturated carbocycles. The highest BCUT2D eigenvalue weighted by atomic mass is 127. The summed E-state index contributed by atoms with van der Waals surface area (Å²) in [6.07, 6.45) is -3.44. The molecule has 1 heterocycles. The van der Waals surface area contributed by atoms with E-state index in [1.165, 1.54) is 12.1 Å². The van der Waals surface area contributed by atoms with E-state index in [1.807, 2.05) is 4.90 Å². The summed E-state index contributed by atoms with van der Waals surface area (Å²) < 4.78 is 51.7. The van der Waals surface area contributed by atoms with E-state index in [4.69, 9.17) is 9.47 Å². The van der Waals surface area contributed by atoms with Crippen molar-refractivity contribution in [2.24, 2.45) is 10.9 Å². The zero-order chi connectivity index (χ0) is 22.0. The number of nitrogens with zero attached hydrogens (tertiary/aromatic N) is 2. The third-order valence-electron chi connectivity index (χ3n) is 4.82. The van der Waals surface area contributed by atoms with Crippen LogP contribution in [0.25, 0.3) is 0 Å². The summed E-state index contributed by atoms with van der Waals surface area (Å²) in [5.41, 5.74) is 0.109. The van der Waals surface area contributed by atoms with Gasteiger partial charge in [0.2, 0.25) is 0 Å². The molecule has 0 aliphatic carbocycles. The van der Waals surface area contributed by atoms with E-state index in [0.29, 0.717) is 63.6 Å². The Labute approximate surface area is 200 Å². The zero-order valence-electron chi connectivity index (χ0n) is 18.4. The molecule has 2 N–H and O–H groups in total. The maximum absolute atomic E-state index is 13.6. The van der Waals surface area contributed by atoms with Crippen LogP contribution in [-0.2, 0) is 22.2 Å². The lowest BCUT2D eigenvalue weighted by atomic mass is 10.0. The highest BCUT2D eigenvalue weighted by Gasteiger charge is 2.34. The second-order valence-electron chi connectivity index (χ2n) is 7.59. The normalized spacial score (nSPS) is 15.1. The number of alkyl halides is 3. The Kier molecular flexibility index (Phi) is 12.5. The first-order chi connectivity index (χ1) is 14.3. The van der Waals surface area contributed by atoms with E-state index >= 15 is 0 Å². The molecule has 10 heteroatoms. The number of ether oxygens (including phenoxy) is 2. The minimum Gasteiger partial charge on any atom is -0.380 e. The van der Waals surface area contributed by atoms with Gasteiger partial charge in [0.1, 0.15) is 0 Å². The Balaban J connectivity index is 0.00000480. The smallest absolute Gasteiger partial charge is 0.380 e. The second-order valence-corrected chi connectivity index (χ2v) is 7.59. The number of nitrogens with one attached hydrogen (secondary N) is 2. The largest absolute Gasteiger partial charge is 0.416 e. The number of rotatable bonds is 9. The highest BCUT2D eigenvalue weighted by Crippen LogP contribution is 2.35. The molecule has 0 amide bonds. The first kappa shape index (κ1) is 27.8. The van der Waals surface area contributed by atoms with Gasteiger partial charge in [-0.05, 0) is 30.0 Å². The minimum atomic E-state index is -4.43. The number of anilines is 1. The summed E-state index contributed by atoms with van der Waals surface area (Å²) in [4.78, 5) is 5.98. The number of hydrogen-bond donors (Lipinski definition) is 2. The molecule has 0 unspecified atom stereocenters. The summed E-state index contributed by atoms with van der Waals surface area (Å²) in [5, 5.41) is 6.02. The van der Waals surface area contributed by atoms with Crippen molar-refractivity contribution in [2.75, 3.05) is 58.0 Å². The van der Waals surface area contributed by atoms with Gasteiger partial charge < -0.3 is 25.0 Å². The molecule has 0 radical (unpaired) electrons. The molecule has 178 valence electrons. The number of morpholine rings is 1. The lowest BCUT2D eigenvalue weighted by Crippen LogP contribution is -2.39. The average Bonchev–Trinajstić information content (AvgIpc) is 2.72. The first-order valence-electron chi connectivity index (χ1n) is 10.4. The van der Waals surface area contributed by atoms with Gasteiger partial charge in [-0.2, -0.15) is 13.2 Å². The molecule has 1 fully saturated rings. The standard InChI is InChI=1S/C21H33F3N4O2.HI/c1-16(2)6-10-29-11-7-26-20(25-3)27-15-17-4-5-18(14-19(17)21(22,23)24)28-8-12-30-13-9-28;/h4-5,14,16H,6-13,15H2,1-3H3,(H2,25,26,27);1H. The van der Waals surface area contributed by atoms with Gasteiger partial charge in [-0.15, -0.1) is 24.0 Å². The molecule has 0 aromatic heterocycles. The molecular formula is C21H34F3IN4O2. The van der Waals surface area contributed by atoms with E-state index < -0.39 is 11.7 Å². The number of guanidine groups is 1. The van der Waals surface area contributed by atoms with Crippen molar-refractivity contribution in [3.05, 3.63) is 29.3 Å². The summed E-state index contributed by atoms with van der Waals surface area (Å²) in [6.45, 7) is 8.24. The average molecular weight is 558 g/mol. The topological polar surface area (TPSA) is 58.1 Å². The zero-order valence-corrected chi connectivity index (χ0v) is 20.8. The molecule has 31 heavy (non-hydrogen) atoms. The fourth-order valence-corrected chi connectivity index (χ4v) is 3.06. The summed E-state index contributed by atoms with van der Waals surface area (Å²) in [7, 11) is 1.58. The van der Waals surface area contributed by atoms with Gasteiger partial charge in [-0.1, -0.05) is 19.9 Å². The van der Waals surface area contributed by atoms with E-state index in [2.05, 4.69) is 29.5 Å². The predicted octanol–water partition coefficient (Wildman–Crippen LogP) is 3.89. The van der Waals surface area contributed by atoms with Crippen LogP contribution in [0.2, 0.25) is 0 Å². The van der Waals surface area contributed by atoms with Gasteiger partial charge in [0, 0.05) is 45.5 Å². The molecule has 6 nitrogen and oxygen atoms in total. The molecule has 1 aliphatic rings. The Morgan fingerprint density at radius 2 is 1.90 bits per heavy atom. The molecule has 0 spiro atoms. The monoisotopic (exact) mass is 558 g/mol. The number of benzene rings is 1. The van der Waals surface area contributed by atoms with Gasteiger partial charge in [-0.25, -0.2) is 0 Å². The van der Waals surface area contributed by atoms with Crippen LogP contribution in [0, 0.1) is 5.92 Å². The van der Waals surface area contributed by atoms with Crippen molar-refractivity contribution in [1.82, 2.24) is 10.6 Å². The molecule has 0 bridgehead atoms. The summed E-state index contributed by atoms with van der Waals surface area (Å²) >= 11 is 0. The van der Waals surface area contributed by atoms with Crippen LogP contribution in [0.3, 0.4) is 0 Å². The Hall–Kier alpha value is -1.27. The minimum absolute atomic E-state index is 0. The third-order valence-corrected chi connectivity index (χ3v) is 4.82. The van der Waals surface area contributed by atoms with Crippen LogP contribution in [0.5, 0.6) is 0 Å². The quantitative estimate of drug-likeness (QED) is 0.209. The first-order valence-corrected chi connectivity index (χ1v) is 10.4. The second kappa shape index (κ2) is 14.0. The molecule has 2 rings (SSSR count). The van der Waals surface area contributed by atoms with Crippen LogP contribution < -0.4 is 15.5 Å². The summed E-state index contributed by atoms with van der Waals surface area (Å²) in [5.74, 6) is 1.03. The van der Waals surface area contributed by atoms with Crippen molar-refractivity contribution < 1.29 is 22.6 Å². The molecule has 1 aliphatic heterocycles. The fraction of sp³-hybridized carbons (Fsp3) is 0.667. The SMILES string of the molecule is CN=C(NCCOCCC(C)C)NCc1ccc(N2CCOCC2)cc1C(F)(F)F.I. The molecule has 1 aromatic rings. The van der Waals surface area contributed by atoms with Gasteiger partial charge in [0.05, 0.1) is 25.4 Å². The summed E-state index contributed by atoms with van der Waals surface area (Å²) in [6, 6.07) is 4.49. The van der Waals surface area contributed by atoms with Crippen molar-refractivity contribution in [2.45, 2.75) is 33.0 Å². The predicted molar refractivity (Wildman–Crippen MR) is 128 cm³/mol. The maximum atomic E-state index is 13.6. The molecular weight excluding hydrogens is 524 g/mol. The van der Waals surface area contributed by atoms with Crippen LogP contribution in [0.1, 0.15) is 31.4 Å². The van der Waals surface area contributed by atoms with Gasteiger partial charge in [-0.3, -0.25) is 4.99 Å². The van der Waals surface area contributed by atoms with Crippen LogP contribution in [0.4, 0.5) is 18.9 Å². The Morgan fingerprint density at radius 1 is 1.19 bits per heavy atom. The van der Waals surface area contributed by atoms with E-state index in [1.54, 1.807) is 13.1 Å². The van der Waals surface area contributed by atoms with Gasteiger partial charge in [0.15, 0.2) is 5.96 Å². The lowest BCUT2D eigenvalue weighted by molar-refractivity contribution is -0.138. The Morgan fingerprint density at radius 3 is 2.52 bits per heavy atom. The van der Waals surface area contributed by atoms with Crippen molar-refractivity contribution in [1.29, 1.82) is 0 Å². The van der Waals surface area contributed by atoms with Crippen LogP contribution >= 0.6 is 24.0 Å². The van der Waals surface area contributed by atoms with E-state index in [-0.39, 0.29) is 36.1 Å². The number of hydrogen-bond acceptors (Lipinski definition) is 4. The molecule has 0 atom stereocenters. The van der Waals surface area contributed by atoms with Crippen LogP contribution in [0.15, 0.2) is 23.2 Å². The van der Waals surface area contributed by atoms with Crippen molar-refractivity contribution in [3.8, 4) is 0 Å². The van der Waals surface area contributed by atoms with Gasteiger partial charge >= 0.3 is 6.18 Å². The van der Waals surface area contributed by atoms with Crippen molar-refractivity contribution in [3.63, 3.8) is 0 Å². The number of aliphatic imine (C=N–C) groups is 1. The van der Waals surface area contributed by atoms with E-state index in [9.17, 15) is 13.2 Å². The highest BCUT2D eigenvalue weighted by molar-refractivity contribution is 14.0. The van der Waals surface area contributed by atoms with Crippen molar-refractivity contribution >= 4 is 35.6 Å². The third kappa shape index (κ3) is 9.82. The van der Waals surface area contributed by atoms with Gasteiger partial charge in [0.25, 0.3) is 0 Å². The number of halogens is 4. The van der Waals surface area contributed by atoms with Crippen LogP contribution in [-0.4, -0.2) is 59.1 Å².